The molecule has 0 radical (unpaired) electrons. The number of nitrogens with one attached hydrogen (secondary N) is 1. The summed E-state index contributed by atoms with van der Waals surface area (Å²) in [4.78, 5) is 36.8. The van der Waals surface area contributed by atoms with E-state index in [1.165, 1.54) is 7.11 Å². The van der Waals surface area contributed by atoms with Crippen molar-refractivity contribution in [1.82, 2.24) is 15.0 Å². The molecule has 2 saturated heterocycles. The number of hydrogen-bond acceptors (Lipinski definition) is 7. The predicted octanol–water partition coefficient (Wildman–Crippen LogP) is -4.04. The Morgan fingerprint density at radius 1 is 1.42 bits per heavy atom. The van der Waals surface area contributed by atoms with Crippen molar-refractivity contribution in [3.05, 3.63) is 5.84 Å². The first kappa shape index (κ1) is 21.2. The second-order valence-corrected chi connectivity index (χ2v) is 6.01. The maximum atomic E-state index is 12.2. The molecule has 2 aliphatic heterocycles. The minimum absolute atomic E-state index is 0. The van der Waals surface area contributed by atoms with E-state index in [-0.39, 0.29) is 54.0 Å². The number of imide groups is 1. The number of urea groups is 1. The number of amides is 4. The van der Waals surface area contributed by atoms with Crippen molar-refractivity contribution >= 4 is 28.2 Å². The minimum atomic E-state index is -4.88. The van der Waals surface area contributed by atoms with Crippen LogP contribution in [0.4, 0.5) is 4.79 Å². The number of hydroxylamine groups is 2. The summed E-state index contributed by atoms with van der Waals surface area (Å²) < 4.78 is 39.0. The van der Waals surface area contributed by atoms with Crippen molar-refractivity contribution in [2.45, 2.75) is 24.9 Å². The molecular formula is C10H15N4NaO8S. The molecule has 2 atom stereocenters. The average molecular weight is 374 g/mol. The summed E-state index contributed by atoms with van der Waals surface area (Å²) in [5.74, 6) is 5.68. The van der Waals surface area contributed by atoms with Gasteiger partial charge >= 0.3 is 46.0 Å². The van der Waals surface area contributed by atoms with Gasteiger partial charge in [0, 0.05) is 13.7 Å². The first-order valence-electron chi connectivity index (χ1n) is 6.49. The Bertz CT molecular complexity index is 628. The van der Waals surface area contributed by atoms with Crippen molar-refractivity contribution in [3.63, 3.8) is 0 Å². The van der Waals surface area contributed by atoms with Crippen LogP contribution >= 0.6 is 0 Å². The van der Waals surface area contributed by atoms with E-state index in [4.69, 9.17) is 10.4 Å². The van der Waals surface area contributed by atoms with Crippen LogP contribution in [-0.4, -0.2) is 78.1 Å². The van der Waals surface area contributed by atoms with Crippen molar-refractivity contribution < 1.29 is 65.9 Å². The molecule has 0 aromatic carbocycles. The summed E-state index contributed by atoms with van der Waals surface area (Å²) in [5, 5.41) is 0.599. The minimum Gasteiger partial charge on any atom is -0.573 e. The van der Waals surface area contributed by atoms with Gasteiger partial charge in [0.15, 0.2) is 0 Å². The number of ether oxygens (including phenoxy) is 1. The van der Waals surface area contributed by atoms with Crippen molar-refractivity contribution in [1.29, 1.82) is 0 Å². The zero-order chi connectivity index (χ0) is 17.4. The SMILES string of the molecule is COCC(=O)N([NH-])C(=O)[C@@H]1CC[C@@H]2CN1C(=O)N2OS(=O)(=O)O.[Na+]. The van der Waals surface area contributed by atoms with Crippen molar-refractivity contribution in [3.8, 4) is 0 Å². The fourth-order valence-electron chi connectivity index (χ4n) is 2.55. The first-order chi connectivity index (χ1) is 10.7. The Labute approximate surface area is 160 Å². The molecule has 0 unspecified atom stereocenters. The van der Waals surface area contributed by atoms with Crippen molar-refractivity contribution in [2.24, 2.45) is 0 Å². The third-order valence-corrected chi connectivity index (χ3v) is 3.87. The molecule has 4 amide bonds. The fraction of sp³-hybridized carbons (Fsp3) is 0.700. The molecular weight excluding hydrogens is 359 g/mol. The topological polar surface area (TPSA) is 158 Å². The number of rotatable bonds is 5. The molecule has 130 valence electrons. The second kappa shape index (κ2) is 8.05. The molecule has 0 aromatic heterocycles. The standard InChI is InChI=1S/C10H15N4O8S.Na/c1-21-5-8(15)13(11)9(16)7-3-2-6-4-12(7)10(17)14(6)22-23(18,19)20;/h6-7,11H,2-5H2,1H3,(H,18,19,20);/q-1;+1/t6-,7+;/m1./s1. The van der Waals surface area contributed by atoms with E-state index >= 15 is 0 Å². The van der Waals surface area contributed by atoms with Crippen LogP contribution in [0, 0.1) is 0 Å². The van der Waals surface area contributed by atoms with E-state index in [2.05, 4.69) is 9.02 Å². The number of methoxy groups -OCH3 is 1. The molecule has 2 fully saturated rings. The largest absolute Gasteiger partial charge is 1.00 e. The van der Waals surface area contributed by atoms with Gasteiger partial charge in [0.25, 0.3) is 0 Å². The van der Waals surface area contributed by atoms with E-state index in [1.807, 2.05) is 0 Å². The van der Waals surface area contributed by atoms with Crippen LogP contribution in [0.5, 0.6) is 0 Å². The van der Waals surface area contributed by atoms with Gasteiger partial charge in [-0.1, -0.05) is 0 Å². The van der Waals surface area contributed by atoms with Gasteiger partial charge in [-0.3, -0.25) is 14.1 Å². The summed E-state index contributed by atoms with van der Waals surface area (Å²) in [7, 11) is -3.65. The molecule has 2 heterocycles. The van der Waals surface area contributed by atoms with E-state index in [1.54, 1.807) is 0 Å². The Morgan fingerprint density at radius 3 is 2.58 bits per heavy atom. The third kappa shape index (κ3) is 4.43. The van der Waals surface area contributed by atoms with Crippen LogP contribution < -0.4 is 29.6 Å². The number of carbonyl (C=O) groups is 3. The van der Waals surface area contributed by atoms with Gasteiger partial charge in [-0.05, 0) is 12.8 Å². The zero-order valence-corrected chi connectivity index (χ0v) is 15.9. The molecule has 0 aliphatic carbocycles. The van der Waals surface area contributed by atoms with E-state index in [0.717, 1.165) is 4.90 Å². The number of piperidine rings is 1. The Kier molecular flexibility index (Phi) is 7.13. The Morgan fingerprint density at radius 2 is 2.04 bits per heavy atom. The number of carbonyl (C=O) groups excluding carboxylic acids is 3. The van der Waals surface area contributed by atoms with Crippen LogP contribution in [-0.2, 0) is 29.0 Å². The van der Waals surface area contributed by atoms with Gasteiger partial charge in [-0.2, -0.15) is 13.5 Å². The van der Waals surface area contributed by atoms with Gasteiger partial charge in [-0.25, -0.2) is 4.79 Å². The van der Waals surface area contributed by atoms with Crippen LogP contribution in [0.2, 0.25) is 0 Å². The smallest absolute Gasteiger partial charge is 0.573 e. The quantitative estimate of drug-likeness (QED) is 0.289. The van der Waals surface area contributed by atoms with Crippen molar-refractivity contribution in [2.75, 3.05) is 20.3 Å². The normalized spacial score (nSPS) is 23.0. The molecule has 2 N–H and O–H groups in total. The van der Waals surface area contributed by atoms with Gasteiger partial charge in [0.1, 0.15) is 12.6 Å². The fourth-order valence-corrected chi connectivity index (χ4v) is 2.94. The maximum Gasteiger partial charge on any atom is 1.00 e. The second-order valence-electron chi connectivity index (χ2n) is 5.01. The average Bonchev–Trinajstić information content (AvgIpc) is 2.70. The molecule has 0 spiro atoms. The number of hydrogen-bond donors (Lipinski definition) is 1. The van der Waals surface area contributed by atoms with E-state index < -0.39 is 46.9 Å². The maximum absolute atomic E-state index is 12.2. The summed E-state index contributed by atoms with van der Waals surface area (Å²) in [5.41, 5.74) is 0. The first-order valence-corrected chi connectivity index (χ1v) is 7.86. The number of nitrogens with zero attached hydrogens (tertiary/aromatic N) is 3. The molecule has 12 nitrogen and oxygen atoms in total. The molecule has 0 saturated carbocycles. The van der Waals surface area contributed by atoms with Crippen LogP contribution in [0.3, 0.4) is 0 Å². The third-order valence-electron chi connectivity index (χ3n) is 3.52. The van der Waals surface area contributed by atoms with Gasteiger partial charge < -0.3 is 20.5 Å². The predicted molar refractivity (Wildman–Crippen MR) is 71.4 cm³/mol. The monoisotopic (exact) mass is 374 g/mol. The van der Waals surface area contributed by atoms with E-state index in [9.17, 15) is 22.8 Å². The molecule has 2 bridgehead atoms. The van der Waals surface area contributed by atoms with Gasteiger partial charge in [-0.15, -0.1) is 4.28 Å². The molecule has 14 heteroatoms. The summed E-state index contributed by atoms with van der Waals surface area (Å²) >= 11 is 0. The molecule has 2 aliphatic rings. The molecule has 2 rings (SSSR count). The van der Waals surface area contributed by atoms with Crippen LogP contribution in [0.15, 0.2) is 0 Å². The van der Waals surface area contributed by atoms with E-state index in [0.29, 0.717) is 5.06 Å². The summed E-state index contributed by atoms with van der Waals surface area (Å²) in [6.07, 6.45) is 0.330. The Hall–Kier alpha value is -0.800. The Balaban J connectivity index is 0.00000288. The summed E-state index contributed by atoms with van der Waals surface area (Å²) in [6, 6.07) is -2.68. The van der Waals surface area contributed by atoms with Crippen LogP contribution in [0.25, 0.3) is 5.84 Å². The molecule has 24 heavy (non-hydrogen) atoms. The number of fused-ring (bicyclic) bond motifs is 2. The summed E-state index contributed by atoms with van der Waals surface area (Å²) in [6.45, 7) is -0.479. The zero-order valence-electron chi connectivity index (χ0n) is 13.0. The van der Waals surface area contributed by atoms with Gasteiger partial charge in [0.2, 0.25) is 11.8 Å². The van der Waals surface area contributed by atoms with Crippen LogP contribution in [0.1, 0.15) is 12.8 Å². The van der Waals surface area contributed by atoms with Gasteiger partial charge in [0.05, 0.1) is 6.04 Å². The molecule has 0 aromatic rings.